The van der Waals surface area contributed by atoms with E-state index in [1.165, 1.54) is 12.1 Å². The third-order valence-corrected chi connectivity index (χ3v) is 4.05. The van der Waals surface area contributed by atoms with Crippen molar-refractivity contribution in [2.75, 3.05) is 0 Å². The van der Waals surface area contributed by atoms with Crippen LogP contribution in [0.4, 0.5) is 0 Å². The van der Waals surface area contributed by atoms with E-state index in [-0.39, 0.29) is 24.0 Å². The number of aliphatic hydroxyl groups is 1. The van der Waals surface area contributed by atoms with Crippen LogP contribution in [0.1, 0.15) is 16.9 Å². The van der Waals surface area contributed by atoms with E-state index in [4.69, 9.17) is 9.52 Å². The van der Waals surface area contributed by atoms with E-state index in [2.05, 4.69) is 4.72 Å². The summed E-state index contributed by atoms with van der Waals surface area (Å²) in [4.78, 5) is 0. The minimum Gasteiger partial charge on any atom is -0.446 e. The molecule has 0 aliphatic carbocycles. The highest BCUT2D eigenvalue weighted by Crippen LogP contribution is 2.15. The zero-order valence-corrected chi connectivity index (χ0v) is 11.3. The minimum atomic E-state index is -3.69. The smallest absolute Gasteiger partial charge is 0.274 e. The van der Waals surface area contributed by atoms with Crippen LogP contribution < -0.4 is 4.72 Å². The van der Waals surface area contributed by atoms with Gasteiger partial charge in [-0.2, -0.15) is 0 Å². The lowest BCUT2D eigenvalue weighted by Gasteiger charge is -2.06. The van der Waals surface area contributed by atoms with Gasteiger partial charge in [-0.25, -0.2) is 13.1 Å². The Balaban J connectivity index is 2.12. The van der Waals surface area contributed by atoms with Crippen LogP contribution in [0.2, 0.25) is 0 Å². The van der Waals surface area contributed by atoms with Gasteiger partial charge in [0, 0.05) is 6.54 Å². The molecule has 2 aromatic rings. The first-order valence-corrected chi connectivity index (χ1v) is 7.25. The molecule has 0 radical (unpaired) electrons. The van der Waals surface area contributed by atoms with Gasteiger partial charge < -0.3 is 9.52 Å². The van der Waals surface area contributed by atoms with Crippen molar-refractivity contribution in [1.29, 1.82) is 0 Å². The first-order valence-electron chi connectivity index (χ1n) is 5.76. The summed E-state index contributed by atoms with van der Waals surface area (Å²) in [5.74, 6) is 0.219. The molecule has 102 valence electrons. The molecule has 0 saturated carbocycles. The summed E-state index contributed by atoms with van der Waals surface area (Å²) in [6.07, 6.45) is 0. The maximum atomic E-state index is 12.0. The SMILES string of the molecule is Cc1ccccc1CNS(=O)(=O)c1ccc(CO)o1. The van der Waals surface area contributed by atoms with Crippen molar-refractivity contribution < 1.29 is 17.9 Å². The molecule has 0 spiro atoms. The van der Waals surface area contributed by atoms with Crippen LogP contribution in [0.5, 0.6) is 0 Å². The largest absolute Gasteiger partial charge is 0.446 e. The third kappa shape index (κ3) is 3.23. The Morgan fingerprint density at radius 2 is 1.95 bits per heavy atom. The lowest BCUT2D eigenvalue weighted by Crippen LogP contribution is -2.23. The fourth-order valence-electron chi connectivity index (χ4n) is 1.64. The molecule has 0 unspecified atom stereocenters. The van der Waals surface area contributed by atoms with Gasteiger partial charge in [0.05, 0.1) is 0 Å². The molecule has 1 heterocycles. The first-order chi connectivity index (χ1) is 9.03. The fourth-order valence-corrected chi connectivity index (χ4v) is 2.59. The Kier molecular flexibility index (Phi) is 4.04. The second-order valence-corrected chi connectivity index (χ2v) is 5.83. The van der Waals surface area contributed by atoms with Crippen molar-refractivity contribution in [2.45, 2.75) is 25.2 Å². The number of furan rings is 1. The van der Waals surface area contributed by atoms with E-state index < -0.39 is 10.0 Å². The highest BCUT2D eigenvalue weighted by Gasteiger charge is 2.18. The molecule has 6 heteroatoms. The van der Waals surface area contributed by atoms with Gasteiger partial charge in [0.2, 0.25) is 5.09 Å². The maximum absolute atomic E-state index is 12.0. The number of hydrogen-bond acceptors (Lipinski definition) is 4. The predicted octanol–water partition coefficient (Wildman–Crippen LogP) is 1.56. The van der Waals surface area contributed by atoms with Crippen molar-refractivity contribution >= 4 is 10.0 Å². The molecule has 0 atom stereocenters. The van der Waals surface area contributed by atoms with E-state index in [0.29, 0.717) is 0 Å². The highest BCUT2D eigenvalue weighted by molar-refractivity contribution is 7.89. The molecule has 0 aliphatic rings. The summed E-state index contributed by atoms with van der Waals surface area (Å²) in [5.41, 5.74) is 1.92. The first kappa shape index (κ1) is 13.8. The van der Waals surface area contributed by atoms with Gasteiger partial charge in [0.1, 0.15) is 12.4 Å². The molecular weight excluding hydrogens is 266 g/mol. The second-order valence-electron chi connectivity index (χ2n) is 4.13. The molecule has 1 aromatic heterocycles. The molecule has 0 aliphatic heterocycles. The summed E-state index contributed by atoms with van der Waals surface area (Å²) < 4.78 is 31.4. The van der Waals surface area contributed by atoms with Crippen molar-refractivity contribution in [1.82, 2.24) is 4.72 Å². The van der Waals surface area contributed by atoms with Gasteiger partial charge in [-0.3, -0.25) is 0 Å². The van der Waals surface area contributed by atoms with Crippen LogP contribution >= 0.6 is 0 Å². The molecule has 0 fully saturated rings. The molecule has 0 bridgehead atoms. The van der Waals surface area contributed by atoms with Crippen LogP contribution in [0.25, 0.3) is 0 Å². The van der Waals surface area contributed by atoms with Gasteiger partial charge in [-0.1, -0.05) is 24.3 Å². The number of benzene rings is 1. The number of sulfonamides is 1. The minimum absolute atomic E-state index is 0.190. The number of nitrogens with one attached hydrogen (secondary N) is 1. The van der Waals surface area contributed by atoms with Crippen molar-refractivity contribution in [3.05, 3.63) is 53.3 Å². The van der Waals surface area contributed by atoms with Gasteiger partial charge in [-0.15, -0.1) is 0 Å². The van der Waals surface area contributed by atoms with Crippen LogP contribution in [0.15, 0.2) is 45.9 Å². The molecule has 2 N–H and O–H groups in total. The quantitative estimate of drug-likeness (QED) is 0.871. The number of aryl methyl sites for hydroxylation is 1. The topological polar surface area (TPSA) is 79.5 Å². The lowest BCUT2D eigenvalue weighted by atomic mass is 10.1. The number of aliphatic hydroxyl groups excluding tert-OH is 1. The summed E-state index contributed by atoms with van der Waals surface area (Å²) in [7, 11) is -3.69. The number of rotatable bonds is 5. The molecule has 1 aromatic carbocycles. The molecule has 5 nitrogen and oxygen atoms in total. The third-order valence-electron chi connectivity index (χ3n) is 2.77. The zero-order chi connectivity index (χ0) is 13.9. The normalized spacial score (nSPS) is 11.7. The zero-order valence-electron chi connectivity index (χ0n) is 10.5. The van der Waals surface area contributed by atoms with E-state index in [0.717, 1.165) is 11.1 Å². The molecule has 19 heavy (non-hydrogen) atoms. The van der Waals surface area contributed by atoms with Gasteiger partial charge in [-0.05, 0) is 30.2 Å². The molecule has 2 rings (SSSR count). The van der Waals surface area contributed by atoms with E-state index in [9.17, 15) is 8.42 Å². The average molecular weight is 281 g/mol. The van der Waals surface area contributed by atoms with Gasteiger partial charge in [0.25, 0.3) is 10.0 Å². The summed E-state index contributed by atoms with van der Waals surface area (Å²) >= 11 is 0. The maximum Gasteiger partial charge on any atom is 0.274 e. The van der Waals surface area contributed by atoms with Crippen LogP contribution in [-0.2, 0) is 23.2 Å². The van der Waals surface area contributed by atoms with Crippen LogP contribution in [0.3, 0.4) is 0 Å². The molecule has 0 saturated heterocycles. The van der Waals surface area contributed by atoms with Gasteiger partial charge in [0.15, 0.2) is 0 Å². The van der Waals surface area contributed by atoms with E-state index >= 15 is 0 Å². The Morgan fingerprint density at radius 3 is 2.58 bits per heavy atom. The standard InChI is InChI=1S/C13H15NO4S/c1-10-4-2-3-5-11(10)8-14-19(16,17)13-7-6-12(9-15)18-13/h2-7,14-15H,8-9H2,1H3. The van der Waals surface area contributed by atoms with E-state index in [1.54, 1.807) is 0 Å². The Morgan fingerprint density at radius 1 is 1.21 bits per heavy atom. The van der Waals surface area contributed by atoms with Crippen LogP contribution in [-0.4, -0.2) is 13.5 Å². The van der Waals surface area contributed by atoms with Gasteiger partial charge >= 0.3 is 0 Å². The summed E-state index contributed by atoms with van der Waals surface area (Å²) in [5, 5.41) is 8.66. The Labute approximate surface area is 111 Å². The number of hydrogen-bond donors (Lipinski definition) is 2. The highest BCUT2D eigenvalue weighted by atomic mass is 32.2. The molecular formula is C13H15NO4S. The van der Waals surface area contributed by atoms with E-state index in [1.807, 2.05) is 31.2 Å². The summed E-state index contributed by atoms with van der Waals surface area (Å²) in [6.45, 7) is 1.79. The van der Waals surface area contributed by atoms with Crippen molar-refractivity contribution in [2.24, 2.45) is 0 Å². The Hall–Kier alpha value is -1.63. The fraction of sp³-hybridized carbons (Fsp3) is 0.231. The summed E-state index contributed by atoms with van der Waals surface area (Å²) in [6, 6.07) is 10.3. The lowest BCUT2D eigenvalue weighted by molar-refractivity contribution is 0.236. The average Bonchev–Trinajstić information content (AvgIpc) is 2.87. The Bertz CT molecular complexity index is 661. The second kappa shape index (κ2) is 5.56. The van der Waals surface area contributed by atoms with Crippen molar-refractivity contribution in [3.8, 4) is 0 Å². The predicted molar refractivity (Wildman–Crippen MR) is 69.8 cm³/mol. The molecule has 0 amide bonds. The van der Waals surface area contributed by atoms with Crippen molar-refractivity contribution in [3.63, 3.8) is 0 Å². The van der Waals surface area contributed by atoms with Crippen LogP contribution in [0, 0.1) is 6.92 Å². The monoisotopic (exact) mass is 281 g/mol.